The number of amides is 1. The summed E-state index contributed by atoms with van der Waals surface area (Å²) in [6.45, 7) is 3.99. The zero-order valence-corrected chi connectivity index (χ0v) is 11.7. The molecule has 0 radical (unpaired) electrons. The Balaban J connectivity index is 2.18. The van der Waals surface area contributed by atoms with Crippen LogP contribution in [0.25, 0.3) is 0 Å². The van der Waals surface area contributed by atoms with Gasteiger partial charge in [0.2, 0.25) is 0 Å². The van der Waals surface area contributed by atoms with Crippen LogP contribution >= 0.6 is 11.8 Å². The van der Waals surface area contributed by atoms with Gasteiger partial charge in [0.15, 0.2) is 0 Å². The molecular weight excluding hydrogens is 258 g/mol. The summed E-state index contributed by atoms with van der Waals surface area (Å²) in [7, 11) is 0. The largest absolute Gasteiger partial charge is 0.305 e. The number of aromatic nitrogens is 2. The molecule has 0 bridgehead atoms. The second-order valence-corrected chi connectivity index (χ2v) is 5.26. The fraction of sp³-hybridized carbons (Fsp3) is 0.214. The van der Waals surface area contributed by atoms with Gasteiger partial charge in [-0.3, -0.25) is 4.79 Å². The summed E-state index contributed by atoms with van der Waals surface area (Å²) in [6, 6.07) is 7.42. The zero-order valence-electron chi connectivity index (χ0n) is 10.9. The lowest BCUT2D eigenvalue weighted by molar-refractivity contribution is 0.101. The Bertz CT molecular complexity index is 569. The molecule has 0 fully saturated rings. The third-order valence-electron chi connectivity index (χ3n) is 2.44. The van der Waals surface area contributed by atoms with E-state index in [4.69, 9.17) is 0 Å². The second kappa shape index (κ2) is 6.33. The predicted molar refractivity (Wildman–Crippen MR) is 77.6 cm³/mol. The van der Waals surface area contributed by atoms with E-state index in [2.05, 4.69) is 15.3 Å². The fourth-order valence-corrected chi connectivity index (χ4v) is 2.32. The number of anilines is 1. The van der Waals surface area contributed by atoms with Crippen LogP contribution in [0.3, 0.4) is 0 Å². The lowest BCUT2D eigenvalue weighted by Crippen LogP contribution is -2.15. The lowest BCUT2D eigenvalue weighted by Gasteiger charge is -2.07. The van der Waals surface area contributed by atoms with Crippen molar-refractivity contribution in [1.29, 1.82) is 0 Å². The molecule has 19 heavy (non-hydrogen) atoms. The van der Waals surface area contributed by atoms with Gasteiger partial charge in [0.05, 0.1) is 0 Å². The highest BCUT2D eigenvalue weighted by molar-refractivity contribution is 7.99. The quantitative estimate of drug-likeness (QED) is 0.869. The van der Waals surface area contributed by atoms with Gasteiger partial charge in [-0.1, -0.05) is 13.0 Å². The van der Waals surface area contributed by atoms with Gasteiger partial charge >= 0.3 is 0 Å². The number of pyridine rings is 2. The molecule has 2 rings (SSSR count). The minimum atomic E-state index is -0.229. The molecule has 1 amide bonds. The van der Waals surface area contributed by atoms with Crippen molar-refractivity contribution in [3.63, 3.8) is 0 Å². The van der Waals surface area contributed by atoms with Gasteiger partial charge in [0.25, 0.3) is 5.91 Å². The Morgan fingerprint density at radius 3 is 2.84 bits per heavy atom. The maximum atomic E-state index is 12.2. The first-order chi connectivity index (χ1) is 9.20. The van der Waals surface area contributed by atoms with E-state index in [-0.39, 0.29) is 5.91 Å². The van der Waals surface area contributed by atoms with Crippen LogP contribution in [-0.4, -0.2) is 21.6 Å². The van der Waals surface area contributed by atoms with Gasteiger partial charge < -0.3 is 5.32 Å². The summed E-state index contributed by atoms with van der Waals surface area (Å²) in [5.41, 5.74) is 1.50. The summed E-state index contributed by atoms with van der Waals surface area (Å²) in [6.07, 6.45) is 3.34. The van der Waals surface area contributed by atoms with E-state index in [1.807, 2.05) is 32.0 Å². The van der Waals surface area contributed by atoms with Gasteiger partial charge in [-0.15, -0.1) is 11.8 Å². The van der Waals surface area contributed by atoms with Crippen LogP contribution in [0.2, 0.25) is 0 Å². The van der Waals surface area contributed by atoms with Crippen molar-refractivity contribution in [3.8, 4) is 0 Å². The first kappa shape index (κ1) is 13.5. The number of carbonyl (C=O) groups is 1. The summed E-state index contributed by atoms with van der Waals surface area (Å²) in [5, 5.41) is 2.76. The van der Waals surface area contributed by atoms with E-state index in [9.17, 15) is 4.79 Å². The Morgan fingerprint density at radius 1 is 1.32 bits per heavy atom. The highest BCUT2D eigenvalue weighted by Gasteiger charge is 2.13. The third-order valence-corrected chi connectivity index (χ3v) is 3.37. The number of hydrogen-bond acceptors (Lipinski definition) is 4. The van der Waals surface area contributed by atoms with Crippen LogP contribution in [0.4, 0.5) is 5.82 Å². The molecule has 0 atom stereocenters. The maximum Gasteiger partial charge on any atom is 0.276 e. The Hall–Kier alpha value is -1.88. The summed E-state index contributed by atoms with van der Waals surface area (Å²) in [4.78, 5) is 21.4. The van der Waals surface area contributed by atoms with Crippen molar-refractivity contribution < 1.29 is 4.79 Å². The van der Waals surface area contributed by atoms with Crippen LogP contribution in [0, 0.1) is 6.92 Å². The maximum absolute atomic E-state index is 12.2. The second-order valence-electron chi connectivity index (χ2n) is 3.96. The van der Waals surface area contributed by atoms with E-state index in [1.165, 1.54) is 0 Å². The van der Waals surface area contributed by atoms with Crippen molar-refractivity contribution in [2.24, 2.45) is 0 Å². The molecule has 98 valence electrons. The van der Waals surface area contributed by atoms with E-state index < -0.39 is 0 Å². The van der Waals surface area contributed by atoms with Crippen LogP contribution in [0.5, 0.6) is 0 Å². The molecule has 0 saturated heterocycles. The zero-order chi connectivity index (χ0) is 13.7. The number of aryl methyl sites for hydroxylation is 1. The lowest BCUT2D eigenvalue weighted by atomic mass is 10.3. The molecule has 0 aliphatic heterocycles. The average molecular weight is 273 g/mol. The Kier molecular flexibility index (Phi) is 4.52. The van der Waals surface area contributed by atoms with E-state index >= 15 is 0 Å². The van der Waals surface area contributed by atoms with Crippen molar-refractivity contribution in [2.75, 3.05) is 11.1 Å². The summed E-state index contributed by atoms with van der Waals surface area (Å²) in [5.74, 6) is 1.20. The Labute approximate surface area is 116 Å². The highest BCUT2D eigenvalue weighted by atomic mass is 32.2. The van der Waals surface area contributed by atoms with Crippen molar-refractivity contribution >= 4 is 23.5 Å². The summed E-state index contributed by atoms with van der Waals surface area (Å²) >= 11 is 1.60. The number of rotatable bonds is 4. The molecule has 2 heterocycles. The highest BCUT2D eigenvalue weighted by Crippen LogP contribution is 2.21. The molecule has 0 saturated carbocycles. The molecule has 0 aromatic carbocycles. The van der Waals surface area contributed by atoms with Gasteiger partial charge in [0.1, 0.15) is 11.5 Å². The van der Waals surface area contributed by atoms with Crippen LogP contribution in [0.15, 0.2) is 41.6 Å². The predicted octanol–water partition coefficient (Wildman–Crippen LogP) is 3.15. The molecule has 1 N–H and O–H groups in total. The third kappa shape index (κ3) is 3.54. The van der Waals surface area contributed by atoms with Gasteiger partial charge in [-0.25, -0.2) is 9.97 Å². The molecule has 5 heteroatoms. The molecule has 2 aromatic rings. The molecule has 0 aliphatic rings. The normalized spacial score (nSPS) is 10.2. The topological polar surface area (TPSA) is 54.9 Å². The van der Waals surface area contributed by atoms with Gasteiger partial charge in [-0.2, -0.15) is 0 Å². The molecule has 0 spiro atoms. The van der Waals surface area contributed by atoms with Crippen molar-refractivity contribution in [1.82, 2.24) is 9.97 Å². The minimum absolute atomic E-state index is 0.229. The molecule has 0 aliphatic carbocycles. The van der Waals surface area contributed by atoms with E-state index in [0.29, 0.717) is 11.5 Å². The monoisotopic (exact) mass is 273 g/mol. The SMILES string of the molecule is CCSc1cccnc1C(=O)Nc1ccc(C)cn1. The van der Waals surface area contributed by atoms with Crippen molar-refractivity contribution in [2.45, 2.75) is 18.7 Å². The van der Waals surface area contributed by atoms with E-state index in [1.54, 1.807) is 30.2 Å². The number of nitrogens with one attached hydrogen (secondary N) is 1. The Morgan fingerprint density at radius 2 is 2.16 bits per heavy atom. The molecule has 4 nitrogen and oxygen atoms in total. The average Bonchev–Trinajstić information content (AvgIpc) is 2.42. The number of nitrogens with zero attached hydrogens (tertiary/aromatic N) is 2. The molecule has 2 aromatic heterocycles. The first-order valence-corrected chi connectivity index (χ1v) is 7.01. The van der Waals surface area contributed by atoms with Gasteiger partial charge in [0, 0.05) is 17.3 Å². The van der Waals surface area contributed by atoms with Crippen LogP contribution < -0.4 is 5.32 Å². The van der Waals surface area contributed by atoms with Crippen molar-refractivity contribution in [3.05, 3.63) is 47.9 Å². The van der Waals surface area contributed by atoms with E-state index in [0.717, 1.165) is 16.2 Å². The smallest absolute Gasteiger partial charge is 0.276 e. The first-order valence-electron chi connectivity index (χ1n) is 6.02. The van der Waals surface area contributed by atoms with Gasteiger partial charge in [-0.05, 0) is 36.4 Å². The number of hydrogen-bond donors (Lipinski definition) is 1. The summed E-state index contributed by atoms with van der Waals surface area (Å²) < 4.78 is 0. The van der Waals surface area contributed by atoms with Crippen LogP contribution in [0.1, 0.15) is 23.0 Å². The van der Waals surface area contributed by atoms with Crippen LogP contribution in [-0.2, 0) is 0 Å². The number of carbonyl (C=O) groups excluding carboxylic acids is 1. The molecular formula is C14H15N3OS. The minimum Gasteiger partial charge on any atom is -0.305 e. The standard InChI is InChI=1S/C14H15N3OS/c1-3-19-11-5-4-8-15-13(11)14(18)17-12-7-6-10(2)9-16-12/h4-9H,3H2,1-2H3,(H,16,17,18). The fourth-order valence-electron chi connectivity index (χ4n) is 1.55. The number of thioether (sulfide) groups is 1. The molecule has 0 unspecified atom stereocenters.